The first-order chi connectivity index (χ1) is 10.2. The summed E-state index contributed by atoms with van der Waals surface area (Å²) in [7, 11) is 0. The lowest BCUT2D eigenvalue weighted by atomic mass is 10.0. The summed E-state index contributed by atoms with van der Waals surface area (Å²) < 4.78 is 39.6. The molecule has 0 spiro atoms. The van der Waals surface area contributed by atoms with Crippen molar-refractivity contribution in [3.05, 3.63) is 34.9 Å². The second-order valence-electron chi connectivity index (χ2n) is 5.03. The summed E-state index contributed by atoms with van der Waals surface area (Å²) in [5, 5.41) is 14.2. The fourth-order valence-electron chi connectivity index (χ4n) is 2.19. The lowest BCUT2D eigenvalue weighted by Crippen LogP contribution is -2.56. The van der Waals surface area contributed by atoms with E-state index in [-0.39, 0.29) is 22.7 Å². The molecule has 0 aliphatic carbocycles. The van der Waals surface area contributed by atoms with E-state index in [0.717, 1.165) is 0 Å². The number of hydrogen-bond donors (Lipinski definition) is 1. The number of nitrogens with zero attached hydrogens (tertiary/aromatic N) is 2. The van der Waals surface area contributed by atoms with Crippen LogP contribution in [-0.4, -0.2) is 33.6 Å². The number of amides is 1. The van der Waals surface area contributed by atoms with Crippen LogP contribution in [0, 0.1) is 0 Å². The van der Waals surface area contributed by atoms with Gasteiger partial charge in [0.15, 0.2) is 0 Å². The van der Waals surface area contributed by atoms with Crippen molar-refractivity contribution in [1.29, 1.82) is 0 Å². The van der Waals surface area contributed by atoms with Gasteiger partial charge >= 0.3 is 6.18 Å². The maximum absolute atomic E-state index is 13.2. The molecule has 1 aromatic carbocycles. The van der Waals surface area contributed by atoms with Crippen LogP contribution in [0.25, 0.3) is 0 Å². The van der Waals surface area contributed by atoms with Gasteiger partial charge in [-0.2, -0.15) is 23.3 Å². The number of hydrazone groups is 1. The Kier molecular flexibility index (Phi) is 4.49. The van der Waals surface area contributed by atoms with Gasteiger partial charge in [0, 0.05) is 22.7 Å². The molecule has 1 aliphatic heterocycles. The van der Waals surface area contributed by atoms with E-state index < -0.39 is 24.2 Å². The van der Waals surface area contributed by atoms with Gasteiger partial charge in [-0.1, -0.05) is 24.9 Å². The summed E-state index contributed by atoms with van der Waals surface area (Å²) in [6.07, 6.45) is -4.89. The molecule has 22 heavy (non-hydrogen) atoms. The van der Waals surface area contributed by atoms with Gasteiger partial charge in [0.1, 0.15) is 0 Å². The highest BCUT2D eigenvalue weighted by Crippen LogP contribution is 2.41. The minimum Gasteiger partial charge on any atom is -0.362 e. The van der Waals surface area contributed by atoms with Crippen molar-refractivity contribution in [2.45, 2.75) is 38.1 Å². The molecule has 1 aromatic rings. The summed E-state index contributed by atoms with van der Waals surface area (Å²) in [5.74, 6) is -1.03. The van der Waals surface area contributed by atoms with Gasteiger partial charge < -0.3 is 5.11 Å². The molecule has 1 atom stereocenters. The lowest BCUT2D eigenvalue weighted by molar-refractivity contribution is -0.297. The number of aliphatic hydroxyl groups is 1. The minimum absolute atomic E-state index is 0.0337. The monoisotopic (exact) mass is 334 g/mol. The highest BCUT2D eigenvalue weighted by Gasteiger charge is 2.63. The lowest BCUT2D eigenvalue weighted by Gasteiger charge is -2.32. The van der Waals surface area contributed by atoms with Gasteiger partial charge in [-0.15, -0.1) is 0 Å². The van der Waals surface area contributed by atoms with Crippen molar-refractivity contribution >= 4 is 23.2 Å². The van der Waals surface area contributed by atoms with Crippen molar-refractivity contribution in [2.75, 3.05) is 0 Å². The van der Waals surface area contributed by atoms with E-state index in [9.17, 15) is 23.1 Å². The summed E-state index contributed by atoms with van der Waals surface area (Å²) >= 11 is 5.69. The molecule has 1 heterocycles. The van der Waals surface area contributed by atoms with E-state index in [1.165, 1.54) is 24.3 Å². The van der Waals surface area contributed by atoms with E-state index in [2.05, 4.69) is 5.10 Å². The third-order valence-corrected chi connectivity index (χ3v) is 3.57. The van der Waals surface area contributed by atoms with Crippen LogP contribution in [0.3, 0.4) is 0 Å². The van der Waals surface area contributed by atoms with Gasteiger partial charge in [-0.25, -0.2) is 0 Å². The predicted octanol–water partition coefficient (Wildman–Crippen LogP) is 3.59. The van der Waals surface area contributed by atoms with Gasteiger partial charge in [0.25, 0.3) is 11.6 Å². The molecule has 1 aliphatic rings. The Morgan fingerprint density at radius 1 is 1.41 bits per heavy atom. The molecule has 0 saturated carbocycles. The Bertz CT molecular complexity index is 601. The van der Waals surface area contributed by atoms with Crippen LogP contribution >= 0.6 is 11.6 Å². The van der Waals surface area contributed by atoms with E-state index >= 15 is 0 Å². The van der Waals surface area contributed by atoms with E-state index in [1.807, 2.05) is 0 Å². The summed E-state index contributed by atoms with van der Waals surface area (Å²) in [6, 6.07) is 5.34. The first-order valence-corrected chi connectivity index (χ1v) is 7.02. The van der Waals surface area contributed by atoms with Gasteiger partial charge in [0.2, 0.25) is 0 Å². The molecule has 8 heteroatoms. The van der Waals surface area contributed by atoms with Crippen LogP contribution in [0.4, 0.5) is 13.2 Å². The van der Waals surface area contributed by atoms with Crippen LogP contribution in [0.5, 0.6) is 0 Å². The third-order valence-electron chi connectivity index (χ3n) is 3.32. The maximum atomic E-state index is 13.2. The fraction of sp³-hybridized carbons (Fsp3) is 0.429. The first kappa shape index (κ1) is 16.8. The molecule has 1 amide bonds. The number of carbonyl (C=O) groups excluding carboxylic acids is 1. The SMILES string of the molecule is CCCC1=NN(C(=O)c2ccc(Cl)cc2)C(O)(C(F)(F)F)C1. The quantitative estimate of drug-likeness (QED) is 0.918. The normalized spacial score (nSPS) is 21.9. The summed E-state index contributed by atoms with van der Waals surface area (Å²) in [4.78, 5) is 12.3. The van der Waals surface area contributed by atoms with Crippen molar-refractivity contribution in [2.24, 2.45) is 5.10 Å². The number of hydrogen-bond acceptors (Lipinski definition) is 3. The summed E-state index contributed by atoms with van der Waals surface area (Å²) in [5.41, 5.74) is -3.20. The van der Waals surface area contributed by atoms with Crippen molar-refractivity contribution in [1.82, 2.24) is 5.01 Å². The molecular formula is C14H14ClF3N2O2. The number of benzene rings is 1. The Morgan fingerprint density at radius 3 is 2.50 bits per heavy atom. The van der Waals surface area contributed by atoms with Gasteiger partial charge in [-0.05, 0) is 30.7 Å². The molecule has 0 fully saturated rings. The Morgan fingerprint density at radius 2 is 2.00 bits per heavy atom. The van der Waals surface area contributed by atoms with Crippen LogP contribution in [0.15, 0.2) is 29.4 Å². The molecular weight excluding hydrogens is 321 g/mol. The molecule has 0 aromatic heterocycles. The van der Waals surface area contributed by atoms with E-state index in [0.29, 0.717) is 11.4 Å². The zero-order valence-electron chi connectivity index (χ0n) is 11.7. The third kappa shape index (κ3) is 2.96. The summed E-state index contributed by atoms with van der Waals surface area (Å²) in [6.45, 7) is 1.78. The fourth-order valence-corrected chi connectivity index (χ4v) is 2.32. The highest BCUT2D eigenvalue weighted by atomic mass is 35.5. The Balaban J connectivity index is 2.39. The molecule has 0 saturated heterocycles. The van der Waals surface area contributed by atoms with Crippen molar-refractivity contribution in [3.8, 4) is 0 Å². The second kappa shape index (κ2) is 5.89. The zero-order valence-corrected chi connectivity index (χ0v) is 12.4. The molecule has 120 valence electrons. The highest BCUT2D eigenvalue weighted by molar-refractivity contribution is 6.30. The van der Waals surface area contributed by atoms with Crippen LogP contribution in [0.2, 0.25) is 5.02 Å². The standard InChI is InChI=1S/C14H14ClF3N2O2/c1-2-3-11-8-13(22,14(16,17)18)20(19-11)12(21)9-4-6-10(15)7-5-9/h4-7,22H,2-3,8H2,1H3. The predicted molar refractivity (Wildman–Crippen MR) is 75.6 cm³/mol. The molecule has 2 rings (SSSR count). The van der Waals surface area contributed by atoms with Crippen molar-refractivity contribution < 1.29 is 23.1 Å². The zero-order chi connectivity index (χ0) is 16.5. The molecule has 1 unspecified atom stereocenters. The number of carbonyl (C=O) groups is 1. The average molecular weight is 335 g/mol. The maximum Gasteiger partial charge on any atom is 0.438 e. The topological polar surface area (TPSA) is 52.9 Å². The molecule has 0 bridgehead atoms. The van der Waals surface area contributed by atoms with Crippen LogP contribution < -0.4 is 0 Å². The Labute approximate surface area is 130 Å². The largest absolute Gasteiger partial charge is 0.438 e. The number of rotatable bonds is 3. The van der Waals surface area contributed by atoms with E-state index in [4.69, 9.17) is 11.6 Å². The second-order valence-corrected chi connectivity index (χ2v) is 5.47. The van der Waals surface area contributed by atoms with E-state index in [1.54, 1.807) is 6.92 Å². The first-order valence-electron chi connectivity index (χ1n) is 6.64. The average Bonchev–Trinajstić information content (AvgIpc) is 2.77. The molecule has 0 radical (unpaired) electrons. The van der Waals surface area contributed by atoms with Gasteiger partial charge in [0.05, 0.1) is 0 Å². The number of alkyl halides is 3. The van der Waals surface area contributed by atoms with Crippen molar-refractivity contribution in [3.63, 3.8) is 0 Å². The molecule has 4 nitrogen and oxygen atoms in total. The Hall–Kier alpha value is -1.60. The minimum atomic E-state index is -5.01. The van der Waals surface area contributed by atoms with Crippen LogP contribution in [-0.2, 0) is 0 Å². The molecule has 1 N–H and O–H groups in total. The number of halogens is 4. The van der Waals surface area contributed by atoms with Gasteiger partial charge in [-0.3, -0.25) is 4.79 Å². The van der Waals surface area contributed by atoms with Crippen LogP contribution in [0.1, 0.15) is 36.5 Å². The smallest absolute Gasteiger partial charge is 0.362 e.